The first-order chi connectivity index (χ1) is 10.2. The number of ether oxygens (including phenoxy) is 2. The topological polar surface area (TPSA) is 47.6 Å². The maximum Gasteiger partial charge on any atom is 0.225 e. The number of carbonyl (C=O) groups excluding carboxylic acids is 1. The van der Waals surface area contributed by atoms with Crippen LogP contribution in [0.5, 0.6) is 11.5 Å². The second-order valence-electron chi connectivity index (χ2n) is 5.03. The fraction of sp³-hybridized carbons (Fsp3) is 0.235. The molecule has 1 unspecified atom stereocenters. The van der Waals surface area contributed by atoms with E-state index in [0.29, 0.717) is 6.42 Å². The van der Waals surface area contributed by atoms with E-state index < -0.39 is 0 Å². The second-order valence-corrected chi connectivity index (χ2v) is 5.03. The van der Waals surface area contributed by atoms with E-state index in [9.17, 15) is 4.79 Å². The molecule has 1 amide bonds. The molecule has 0 spiro atoms. The number of nitrogens with one attached hydrogen (secondary N) is 1. The van der Waals surface area contributed by atoms with Crippen LogP contribution in [-0.4, -0.2) is 20.1 Å². The van der Waals surface area contributed by atoms with Crippen molar-refractivity contribution in [2.75, 3.05) is 19.5 Å². The highest BCUT2D eigenvalue weighted by Gasteiger charge is 2.26. The van der Waals surface area contributed by atoms with Gasteiger partial charge in [-0.15, -0.1) is 0 Å². The smallest absolute Gasteiger partial charge is 0.225 e. The summed E-state index contributed by atoms with van der Waals surface area (Å²) in [5.41, 5.74) is 3.05. The van der Waals surface area contributed by atoms with Crippen molar-refractivity contribution in [1.29, 1.82) is 0 Å². The van der Waals surface area contributed by atoms with Crippen molar-refractivity contribution < 1.29 is 14.3 Å². The van der Waals surface area contributed by atoms with Crippen LogP contribution in [0, 0.1) is 0 Å². The molecule has 108 valence electrons. The van der Waals surface area contributed by atoms with Gasteiger partial charge < -0.3 is 14.8 Å². The summed E-state index contributed by atoms with van der Waals surface area (Å²) in [5.74, 6) is 1.64. The minimum absolute atomic E-state index is 0.0246. The van der Waals surface area contributed by atoms with Gasteiger partial charge in [0.05, 0.1) is 14.2 Å². The van der Waals surface area contributed by atoms with Gasteiger partial charge in [-0.3, -0.25) is 4.79 Å². The lowest BCUT2D eigenvalue weighted by Crippen LogP contribution is -2.23. The van der Waals surface area contributed by atoms with E-state index in [0.717, 1.165) is 28.3 Å². The third-order valence-electron chi connectivity index (χ3n) is 3.82. The van der Waals surface area contributed by atoms with Gasteiger partial charge in [0, 0.05) is 24.1 Å². The third kappa shape index (κ3) is 2.57. The molecule has 0 fully saturated rings. The summed E-state index contributed by atoms with van der Waals surface area (Å²) in [4.78, 5) is 12.0. The van der Waals surface area contributed by atoms with E-state index in [1.54, 1.807) is 14.2 Å². The van der Waals surface area contributed by atoms with Gasteiger partial charge in [0.2, 0.25) is 5.91 Å². The zero-order chi connectivity index (χ0) is 14.8. The largest absolute Gasteiger partial charge is 0.497 e. The number of amides is 1. The molecule has 1 N–H and O–H groups in total. The average molecular weight is 283 g/mol. The standard InChI is InChI=1S/C17H17NO3/c1-20-12-5-3-11(4-6-12)15-10-17(19)18-16-9-13(21-2)7-8-14(15)16/h3-9,15H,10H2,1-2H3,(H,18,19). The molecule has 0 saturated heterocycles. The van der Waals surface area contributed by atoms with Crippen LogP contribution < -0.4 is 14.8 Å². The lowest BCUT2D eigenvalue weighted by Gasteiger charge is -2.26. The molecule has 0 aliphatic carbocycles. The van der Waals surface area contributed by atoms with Gasteiger partial charge in [-0.2, -0.15) is 0 Å². The molecule has 1 aliphatic heterocycles. The highest BCUT2D eigenvalue weighted by molar-refractivity contribution is 5.95. The molecule has 1 heterocycles. The zero-order valence-electron chi connectivity index (χ0n) is 12.1. The SMILES string of the molecule is COc1ccc(C2CC(=O)Nc3cc(OC)ccc32)cc1. The lowest BCUT2D eigenvalue weighted by molar-refractivity contribution is -0.116. The van der Waals surface area contributed by atoms with Crippen LogP contribution in [-0.2, 0) is 4.79 Å². The maximum absolute atomic E-state index is 12.0. The van der Waals surface area contributed by atoms with Gasteiger partial charge >= 0.3 is 0 Å². The summed E-state index contributed by atoms with van der Waals surface area (Å²) in [6, 6.07) is 13.7. The predicted molar refractivity (Wildman–Crippen MR) is 81.1 cm³/mol. The first-order valence-electron chi connectivity index (χ1n) is 6.83. The minimum Gasteiger partial charge on any atom is -0.497 e. The Kier molecular flexibility index (Phi) is 3.52. The van der Waals surface area contributed by atoms with Crippen LogP contribution in [0.25, 0.3) is 0 Å². The number of rotatable bonds is 3. The number of carbonyl (C=O) groups is 1. The quantitative estimate of drug-likeness (QED) is 0.941. The van der Waals surface area contributed by atoms with Crippen molar-refractivity contribution in [3.05, 3.63) is 53.6 Å². The van der Waals surface area contributed by atoms with Gasteiger partial charge in [-0.25, -0.2) is 0 Å². The number of benzene rings is 2. The van der Waals surface area contributed by atoms with Crippen molar-refractivity contribution in [3.63, 3.8) is 0 Å². The Balaban J connectivity index is 2.01. The van der Waals surface area contributed by atoms with Crippen molar-refractivity contribution in [2.24, 2.45) is 0 Å². The van der Waals surface area contributed by atoms with Crippen molar-refractivity contribution >= 4 is 11.6 Å². The fourth-order valence-corrected chi connectivity index (χ4v) is 2.70. The molecule has 2 aromatic carbocycles. The summed E-state index contributed by atoms with van der Waals surface area (Å²) in [7, 11) is 3.26. The Morgan fingerprint density at radius 3 is 2.33 bits per heavy atom. The fourth-order valence-electron chi connectivity index (χ4n) is 2.70. The van der Waals surface area contributed by atoms with Crippen molar-refractivity contribution in [2.45, 2.75) is 12.3 Å². The van der Waals surface area contributed by atoms with E-state index in [1.165, 1.54) is 0 Å². The van der Waals surface area contributed by atoms with E-state index in [-0.39, 0.29) is 11.8 Å². The van der Waals surface area contributed by atoms with E-state index in [2.05, 4.69) is 5.32 Å². The molecule has 0 radical (unpaired) electrons. The van der Waals surface area contributed by atoms with Gasteiger partial charge in [-0.05, 0) is 29.3 Å². The zero-order valence-corrected chi connectivity index (χ0v) is 12.1. The Hall–Kier alpha value is -2.49. The Labute approximate surface area is 123 Å². The van der Waals surface area contributed by atoms with Crippen LogP contribution in [0.4, 0.5) is 5.69 Å². The highest BCUT2D eigenvalue weighted by Crippen LogP contribution is 2.39. The van der Waals surface area contributed by atoms with E-state index in [1.807, 2.05) is 42.5 Å². The summed E-state index contributed by atoms with van der Waals surface area (Å²) in [6.07, 6.45) is 0.450. The minimum atomic E-state index is 0.0246. The summed E-state index contributed by atoms with van der Waals surface area (Å²) >= 11 is 0. The molecule has 21 heavy (non-hydrogen) atoms. The molecule has 1 atom stereocenters. The number of fused-ring (bicyclic) bond motifs is 1. The van der Waals surface area contributed by atoms with Crippen molar-refractivity contribution in [1.82, 2.24) is 0 Å². The lowest BCUT2D eigenvalue weighted by atomic mass is 9.85. The molecule has 2 aromatic rings. The van der Waals surface area contributed by atoms with Crippen molar-refractivity contribution in [3.8, 4) is 11.5 Å². The first kappa shape index (κ1) is 13.5. The van der Waals surface area contributed by atoms with Crippen LogP contribution in [0.15, 0.2) is 42.5 Å². The number of anilines is 1. The molecule has 0 bridgehead atoms. The summed E-state index contributed by atoms with van der Waals surface area (Å²) in [5, 5.41) is 2.91. The molecule has 0 aromatic heterocycles. The van der Waals surface area contributed by atoms with Crippen LogP contribution in [0.2, 0.25) is 0 Å². The van der Waals surface area contributed by atoms with Crippen LogP contribution in [0.3, 0.4) is 0 Å². The molecular weight excluding hydrogens is 266 g/mol. The molecule has 1 aliphatic rings. The maximum atomic E-state index is 12.0. The van der Waals surface area contributed by atoms with Gasteiger partial charge in [0.1, 0.15) is 11.5 Å². The predicted octanol–water partition coefficient (Wildman–Crippen LogP) is 3.18. The molecule has 4 nitrogen and oxygen atoms in total. The Bertz CT molecular complexity index is 664. The molecule has 3 rings (SSSR count). The van der Waals surface area contributed by atoms with Gasteiger partial charge in [0.25, 0.3) is 0 Å². The van der Waals surface area contributed by atoms with Gasteiger partial charge in [0.15, 0.2) is 0 Å². The summed E-state index contributed by atoms with van der Waals surface area (Å²) in [6.45, 7) is 0. The van der Waals surface area contributed by atoms with Gasteiger partial charge in [-0.1, -0.05) is 18.2 Å². The van der Waals surface area contributed by atoms with E-state index >= 15 is 0 Å². The van der Waals surface area contributed by atoms with E-state index in [4.69, 9.17) is 9.47 Å². The number of hydrogen-bond acceptors (Lipinski definition) is 3. The first-order valence-corrected chi connectivity index (χ1v) is 6.83. The Morgan fingerprint density at radius 1 is 1.00 bits per heavy atom. The Morgan fingerprint density at radius 2 is 1.67 bits per heavy atom. The second kappa shape index (κ2) is 5.48. The monoisotopic (exact) mass is 283 g/mol. The van der Waals surface area contributed by atoms with Crippen LogP contribution in [0.1, 0.15) is 23.5 Å². The van der Waals surface area contributed by atoms with Crippen LogP contribution >= 0.6 is 0 Å². The average Bonchev–Trinajstić information content (AvgIpc) is 2.53. The molecule has 0 saturated carbocycles. The normalized spacial score (nSPS) is 16.9. The summed E-state index contributed by atoms with van der Waals surface area (Å²) < 4.78 is 10.4. The molecular formula is C17H17NO3. The highest BCUT2D eigenvalue weighted by atomic mass is 16.5. The molecule has 4 heteroatoms. The number of methoxy groups -OCH3 is 2. The number of hydrogen-bond donors (Lipinski definition) is 1. The third-order valence-corrected chi connectivity index (χ3v) is 3.82.